The Kier molecular flexibility index (Phi) is 5.83. The lowest BCUT2D eigenvalue weighted by atomic mass is 10.1. The van der Waals surface area contributed by atoms with Gasteiger partial charge in [0.25, 0.3) is 0 Å². The number of nitrogens with zero attached hydrogens (tertiary/aromatic N) is 1. The highest BCUT2D eigenvalue weighted by Gasteiger charge is 2.22. The zero-order valence-corrected chi connectivity index (χ0v) is 16.6. The third-order valence-corrected chi connectivity index (χ3v) is 5.48. The van der Waals surface area contributed by atoms with E-state index in [0.717, 1.165) is 37.1 Å². The molecule has 1 saturated heterocycles. The summed E-state index contributed by atoms with van der Waals surface area (Å²) in [5, 5.41) is 11.3. The van der Waals surface area contributed by atoms with Crippen molar-refractivity contribution in [3.8, 4) is 5.75 Å². The van der Waals surface area contributed by atoms with Crippen LogP contribution < -0.4 is 20.2 Å². The number of hydrogen-bond donors (Lipinski definition) is 2. The number of nitrogens with one attached hydrogen (secondary N) is 1. The second kappa shape index (κ2) is 8.68. The molecule has 0 bridgehead atoms. The lowest BCUT2D eigenvalue weighted by molar-refractivity contribution is -0.903. The Bertz CT molecular complexity index is 1010. The second-order valence-corrected chi connectivity index (χ2v) is 7.65. The van der Waals surface area contributed by atoms with E-state index in [1.54, 1.807) is 6.07 Å². The molecule has 0 radical (unpaired) electrons. The monoisotopic (exact) mass is 395 g/mol. The van der Waals surface area contributed by atoms with Crippen LogP contribution in [0.25, 0.3) is 11.0 Å². The molecule has 1 atom stereocenters. The molecule has 6 nitrogen and oxygen atoms in total. The van der Waals surface area contributed by atoms with E-state index in [1.807, 2.05) is 25.1 Å². The summed E-state index contributed by atoms with van der Waals surface area (Å²) in [6.45, 7) is 6.70. The minimum Gasteiger partial charge on any atom is -0.491 e. The molecule has 0 saturated carbocycles. The fourth-order valence-electron chi connectivity index (χ4n) is 3.90. The van der Waals surface area contributed by atoms with Crippen LogP contribution in [0.15, 0.2) is 63.8 Å². The van der Waals surface area contributed by atoms with Crippen LogP contribution in [-0.4, -0.2) is 50.5 Å². The second-order valence-electron chi connectivity index (χ2n) is 7.65. The van der Waals surface area contributed by atoms with Crippen molar-refractivity contribution < 1.29 is 19.2 Å². The standard InChI is InChI=1S/C23H26N2O4/c1-17-13-23(27)29-22-14-20(7-8-21(17)22)28-16-19(26)15-24-9-11-25(12-10-24)18-5-3-2-4-6-18/h2-8,13-14,19,26H,9-12,15-16H2,1H3/p+1/t19-/m1/s1. The van der Waals surface area contributed by atoms with Crippen LogP contribution in [0.2, 0.25) is 0 Å². The molecule has 1 aliphatic rings. The lowest BCUT2D eigenvalue weighted by Gasteiger charge is -2.34. The Morgan fingerprint density at radius 3 is 2.66 bits per heavy atom. The Hall–Kier alpha value is -2.83. The topological polar surface area (TPSA) is 67.3 Å². The smallest absolute Gasteiger partial charge is 0.336 e. The van der Waals surface area contributed by atoms with Gasteiger partial charge in [-0.2, -0.15) is 0 Å². The molecular formula is C23H27N2O4+. The summed E-state index contributed by atoms with van der Waals surface area (Å²) in [7, 11) is 0. The van der Waals surface area contributed by atoms with E-state index in [4.69, 9.17) is 9.15 Å². The zero-order chi connectivity index (χ0) is 20.2. The first kappa shape index (κ1) is 19.5. The number of benzene rings is 2. The SMILES string of the molecule is Cc1cc(=O)oc2cc(OC[C@H](O)C[NH+]3CCN(c4ccccc4)CC3)ccc12. The third-order valence-electron chi connectivity index (χ3n) is 5.48. The van der Waals surface area contributed by atoms with Crippen LogP contribution in [0.5, 0.6) is 5.75 Å². The summed E-state index contributed by atoms with van der Waals surface area (Å²) in [6.07, 6.45) is -0.548. The highest BCUT2D eigenvalue weighted by Crippen LogP contribution is 2.22. The Morgan fingerprint density at radius 1 is 1.14 bits per heavy atom. The van der Waals surface area contributed by atoms with Crippen molar-refractivity contribution in [2.24, 2.45) is 0 Å². The highest BCUT2D eigenvalue weighted by atomic mass is 16.5. The molecular weight excluding hydrogens is 368 g/mol. The first-order valence-corrected chi connectivity index (χ1v) is 10.1. The van der Waals surface area contributed by atoms with Gasteiger partial charge < -0.3 is 24.1 Å². The number of fused-ring (bicyclic) bond motifs is 1. The van der Waals surface area contributed by atoms with Gasteiger partial charge in [-0.1, -0.05) is 18.2 Å². The predicted molar refractivity (Wildman–Crippen MR) is 113 cm³/mol. The Labute approximate surface area is 169 Å². The molecule has 6 heteroatoms. The van der Waals surface area contributed by atoms with Gasteiger partial charge >= 0.3 is 5.63 Å². The molecule has 29 heavy (non-hydrogen) atoms. The number of ether oxygens (including phenoxy) is 1. The fourth-order valence-corrected chi connectivity index (χ4v) is 3.90. The lowest BCUT2D eigenvalue weighted by Crippen LogP contribution is -3.16. The van der Waals surface area contributed by atoms with Crippen molar-refractivity contribution in [1.29, 1.82) is 0 Å². The summed E-state index contributed by atoms with van der Waals surface area (Å²) in [5.74, 6) is 0.592. The number of anilines is 1. The molecule has 152 valence electrons. The fraction of sp³-hybridized carbons (Fsp3) is 0.348. The maximum absolute atomic E-state index is 11.6. The van der Waals surface area contributed by atoms with Gasteiger partial charge in [-0.3, -0.25) is 0 Å². The van der Waals surface area contributed by atoms with Crippen LogP contribution >= 0.6 is 0 Å². The number of para-hydroxylation sites is 1. The number of hydrogen-bond acceptors (Lipinski definition) is 5. The zero-order valence-electron chi connectivity index (χ0n) is 16.6. The van der Waals surface area contributed by atoms with Gasteiger partial charge in [0, 0.05) is 23.2 Å². The maximum Gasteiger partial charge on any atom is 0.336 e. The highest BCUT2D eigenvalue weighted by molar-refractivity contribution is 5.81. The molecule has 0 unspecified atom stereocenters. The first-order valence-electron chi connectivity index (χ1n) is 10.1. The largest absolute Gasteiger partial charge is 0.491 e. The van der Waals surface area contributed by atoms with Crippen molar-refractivity contribution in [2.75, 3.05) is 44.2 Å². The molecule has 1 aliphatic heterocycles. The minimum atomic E-state index is -0.548. The number of rotatable bonds is 6. The van der Waals surface area contributed by atoms with Crippen molar-refractivity contribution in [3.05, 3.63) is 70.6 Å². The van der Waals surface area contributed by atoms with Gasteiger partial charge in [0.15, 0.2) is 0 Å². The first-order chi connectivity index (χ1) is 14.1. The Morgan fingerprint density at radius 2 is 1.90 bits per heavy atom. The third kappa shape index (κ3) is 4.78. The van der Waals surface area contributed by atoms with E-state index in [9.17, 15) is 9.90 Å². The van der Waals surface area contributed by atoms with E-state index in [1.165, 1.54) is 16.7 Å². The number of piperazine rings is 1. The average molecular weight is 395 g/mol. The maximum atomic E-state index is 11.6. The molecule has 0 aliphatic carbocycles. The van der Waals surface area contributed by atoms with Gasteiger partial charge in [-0.05, 0) is 36.8 Å². The van der Waals surface area contributed by atoms with E-state index in [0.29, 0.717) is 17.9 Å². The molecule has 2 N–H and O–H groups in total. The average Bonchev–Trinajstić information content (AvgIpc) is 2.73. The van der Waals surface area contributed by atoms with Crippen LogP contribution in [0.4, 0.5) is 5.69 Å². The van der Waals surface area contributed by atoms with Gasteiger partial charge in [0.2, 0.25) is 0 Å². The van der Waals surface area contributed by atoms with E-state index >= 15 is 0 Å². The Balaban J connectivity index is 1.28. The van der Waals surface area contributed by atoms with Crippen LogP contribution in [0.1, 0.15) is 5.56 Å². The van der Waals surface area contributed by atoms with Gasteiger partial charge in [0.05, 0.1) is 26.2 Å². The summed E-state index contributed by atoms with van der Waals surface area (Å²) >= 11 is 0. The molecule has 2 aromatic carbocycles. The minimum absolute atomic E-state index is 0.216. The molecule has 1 aromatic heterocycles. The van der Waals surface area contributed by atoms with E-state index in [-0.39, 0.29) is 12.2 Å². The predicted octanol–water partition coefficient (Wildman–Crippen LogP) is 1.25. The molecule has 0 spiro atoms. The van der Waals surface area contributed by atoms with E-state index < -0.39 is 6.10 Å². The van der Waals surface area contributed by atoms with Crippen molar-refractivity contribution in [2.45, 2.75) is 13.0 Å². The van der Waals surface area contributed by atoms with Gasteiger partial charge in [-0.15, -0.1) is 0 Å². The number of aryl methyl sites for hydroxylation is 1. The normalized spacial score (nSPS) is 16.1. The molecule has 2 heterocycles. The molecule has 3 aromatic rings. The van der Waals surface area contributed by atoms with Crippen LogP contribution in [0, 0.1) is 6.92 Å². The number of aliphatic hydroxyl groups is 1. The summed E-state index contributed by atoms with van der Waals surface area (Å²) in [4.78, 5) is 15.3. The van der Waals surface area contributed by atoms with Crippen molar-refractivity contribution >= 4 is 16.7 Å². The molecule has 0 amide bonds. The summed E-state index contributed by atoms with van der Waals surface area (Å²) < 4.78 is 11.0. The van der Waals surface area contributed by atoms with Gasteiger partial charge in [-0.25, -0.2) is 4.79 Å². The van der Waals surface area contributed by atoms with Crippen LogP contribution in [0.3, 0.4) is 0 Å². The summed E-state index contributed by atoms with van der Waals surface area (Å²) in [5.41, 5.74) is 2.27. The molecule has 1 fully saturated rings. The van der Waals surface area contributed by atoms with E-state index in [2.05, 4.69) is 29.2 Å². The number of quaternary nitrogens is 1. The summed E-state index contributed by atoms with van der Waals surface area (Å²) in [6, 6.07) is 17.4. The van der Waals surface area contributed by atoms with Crippen molar-refractivity contribution in [3.63, 3.8) is 0 Å². The van der Waals surface area contributed by atoms with Crippen LogP contribution in [-0.2, 0) is 0 Å². The van der Waals surface area contributed by atoms with Crippen molar-refractivity contribution in [1.82, 2.24) is 0 Å². The quantitative estimate of drug-likeness (QED) is 0.615. The van der Waals surface area contributed by atoms with Gasteiger partial charge in [0.1, 0.15) is 30.6 Å². The number of aliphatic hydroxyl groups excluding tert-OH is 1. The molecule has 4 rings (SSSR count).